The lowest BCUT2D eigenvalue weighted by molar-refractivity contribution is -0.138. The van der Waals surface area contributed by atoms with Crippen LogP contribution in [-0.4, -0.2) is 23.1 Å². The number of aliphatic carboxylic acids is 1. The quantitative estimate of drug-likeness (QED) is 0.831. The summed E-state index contributed by atoms with van der Waals surface area (Å²) in [5.41, 5.74) is 6.46. The van der Waals surface area contributed by atoms with Crippen LogP contribution in [0.15, 0.2) is 24.3 Å². The first-order chi connectivity index (χ1) is 8.93. The summed E-state index contributed by atoms with van der Waals surface area (Å²) in [5.74, 6) is -1.30. The molecular weight excluding hydrogens is 270 g/mol. The Morgan fingerprint density at radius 3 is 2.37 bits per heavy atom. The van der Waals surface area contributed by atoms with Crippen LogP contribution in [0.25, 0.3) is 0 Å². The van der Waals surface area contributed by atoms with Crippen LogP contribution in [0.3, 0.4) is 0 Å². The summed E-state index contributed by atoms with van der Waals surface area (Å²) in [6.45, 7) is 4.09. The fraction of sp³-hybridized carbons (Fsp3) is 0.385. The number of carbonyl (C=O) groups excluding carboxylic acids is 1. The Morgan fingerprint density at radius 2 is 2.00 bits per heavy atom. The lowest BCUT2D eigenvalue weighted by atomic mass is 9.96. The number of carbonyl (C=O) groups is 2. The summed E-state index contributed by atoms with van der Waals surface area (Å²) >= 11 is 4.72. The Bertz CT molecular complexity index is 423. The minimum absolute atomic E-state index is 0.350. The summed E-state index contributed by atoms with van der Waals surface area (Å²) in [7, 11) is 0. The van der Waals surface area contributed by atoms with Crippen molar-refractivity contribution in [1.29, 1.82) is 0 Å². The highest BCUT2D eigenvalue weighted by Gasteiger charge is 2.15. The molecule has 106 valence electrons. The molecule has 3 N–H and O–H groups in total. The van der Waals surface area contributed by atoms with Crippen molar-refractivity contribution in [2.75, 3.05) is 6.61 Å². The number of halogens is 1. The maximum absolute atomic E-state index is 10.7. The van der Waals surface area contributed by atoms with Crippen molar-refractivity contribution in [3.63, 3.8) is 0 Å². The van der Waals surface area contributed by atoms with Crippen molar-refractivity contribution in [3.8, 4) is 0 Å². The number of carboxylic acids is 1. The normalized spacial score (nSPS) is 10.9. The third-order valence-electron chi connectivity index (χ3n) is 2.37. The first kappa shape index (κ1) is 17.4. The third kappa shape index (κ3) is 6.79. The molecular formula is C13H18ClNO4. The molecule has 0 aliphatic rings. The minimum Gasteiger partial charge on any atom is -0.481 e. The van der Waals surface area contributed by atoms with E-state index in [1.807, 2.05) is 18.2 Å². The van der Waals surface area contributed by atoms with Gasteiger partial charge in [0.2, 0.25) is 0 Å². The van der Waals surface area contributed by atoms with Gasteiger partial charge in [0.25, 0.3) is 0 Å². The van der Waals surface area contributed by atoms with Gasteiger partial charge in [0.15, 0.2) is 0 Å². The van der Waals surface area contributed by atoms with Gasteiger partial charge in [0.05, 0.1) is 12.5 Å². The Hall–Kier alpha value is -1.59. The maximum atomic E-state index is 10.7. The number of ether oxygens (including phenoxy) is 1. The second-order valence-electron chi connectivity index (χ2n) is 3.63. The highest BCUT2D eigenvalue weighted by Crippen LogP contribution is 2.19. The van der Waals surface area contributed by atoms with Gasteiger partial charge in [-0.05, 0) is 25.0 Å². The van der Waals surface area contributed by atoms with Gasteiger partial charge < -0.3 is 15.6 Å². The lowest BCUT2D eigenvalue weighted by Gasteiger charge is -2.10. The van der Waals surface area contributed by atoms with Crippen LogP contribution >= 0.6 is 11.6 Å². The van der Waals surface area contributed by atoms with Gasteiger partial charge in [-0.1, -0.05) is 24.3 Å². The third-order valence-corrected chi connectivity index (χ3v) is 2.48. The molecule has 0 aromatic heterocycles. The molecule has 6 heteroatoms. The molecule has 0 aliphatic heterocycles. The number of rotatable bonds is 4. The standard InChI is InChI=1S/C10H13NO2.C3H5ClO2/c1-7(10(12)13)9-5-3-2-4-8(9)6-11;1-2-6-3(4)5/h2-5,7H,6,11H2,1H3,(H,12,13);2H2,1H3. The molecule has 0 fully saturated rings. The average Bonchev–Trinajstić information content (AvgIpc) is 2.38. The zero-order valence-corrected chi connectivity index (χ0v) is 11.7. The van der Waals surface area contributed by atoms with E-state index in [0.29, 0.717) is 13.2 Å². The van der Waals surface area contributed by atoms with E-state index < -0.39 is 17.3 Å². The topological polar surface area (TPSA) is 89.6 Å². The molecule has 0 saturated heterocycles. The average molecular weight is 288 g/mol. The van der Waals surface area contributed by atoms with Crippen LogP contribution in [-0.2, 0) is 16.1 Å². The van der Waals surface area contributed by atoms with Crippen LogP contribution in [0.5, 0.6) is 0 Å². The van der Waals surface area contributed by atoms with Gasteiger partial charge in [0.1, 0.15) is 0 Å². The number of benzene rings is 1. The van der Waals surface area contributed by atoms with Crippen LogP contribution in [0, 0.1) is 0 Å². The molecule has 0 aliphatic carbocycles. The molecule has 0 spiro atoms. The second-order valence-corrected chi connectivity index (χ2v) is 3.94. The van der Waals surface area contributed by atoms with E-state index in [1.165, 1.54) is 0 Å². The molecule has 0 bridgehead atoms. The maximum Gasteiger partial charge on any atom is 0.403 e. The van der Waals surface area contributed by atoms with Gasteiger partial charge in [-0.15, -0.1) is 0 Å². The first-order valence-corrected chi connectivity index (χ1v) is 6.14. The van der Waals surface area contributed by atoms with E-state index in [0.717, 1.165) is 11.1 Å². The monoisotopic (exact) mass is 287 g/mol. The predicted octanol–water partition coefficient (Wildman–Crippen LogP) is 2.72. The predicted molar refractivity (Wildman–Crippen MR) is 73.3 cm³/mol. The van der Waals surface area contributed by atoms with Crippen molar-refractivity contribution >= 4 is 23.0 Å². The van der Waals surface area contributed by atoms with Gasteiger partial charge in [-0.25, -0.2) is 4.79 Å². The summed E-state index contributed by atoms with van der Waals surface area (Å²) in [5, 5.41) is 8.81. The lowest BCUT2D eigenvalue weighted by Crippen LogP contribution is -2.11. The number of hydrogen-bond acceptors (Lipinski definition) is 4. The molecule has 19 heavy (non-hydrogen) atoms. The summed E-state index contributed by atoms with van der Waals surface area (Å²) in [4.78, 5) is 20.3. The number of nitrogens with two attached hydrogens (primary N) is 1. The summed E-state index contributed by atoms with van der Waals surface area (Å²) < 4.78 is 4.17. The second kappa shape index (κ2) is 9.35. The van der Waals surface area contributed by atoms with Crippen LogP contribution in [0.4, 0.5) is 4.79 Å². The van der Waals surface area contributed by atoms with Crippen molar-refractivity contribution in [2.45, 2.75) is 26.3 Å². The van der Waals surface area contributed by atoms with Crippen LogP contribution < -0.4 is 5.73 Å². The van der Waals surface area contributed by atoms with E-state index in [1.54, 1.807) is 19.9 Å². The molecule has 1 aromatic rings. The zero-order chi connectivity index (χ0) is 14.8. The van der Waals surface area contributed by atoms with Crippen LogP contribution in [0.2, 0.25) is 0 Å². The largest absolute Gasteiger partial charge is 0.481 e. The van der Waals surface area contributed by atoms with Gasteiger partial charge in [-0.3, -0.25) is 4.79 Å². The summed E-state index contributed by atoms with van der Waals surface area (Å²) in [6.07, 6.45) is 0. The number of hydrogen-bond donors (Lipinski definition) is 2. The Kier molecular flexibility index (Phi) is 8.57. The minimum atomic E-state index is -0.819. The van der Waals surface area contributed by atoms with Gasteiger partial charge in [0, 0.05) is 18.1 Å². The molecule has 1 rings (SSSR count). The van der Waals surface area contributed by atoms with E-state index in [4.69, 9.17) is 22.4 Å². The highest BCUT2D eigenvalue weighted by molar-refractivity contribution is 6.61. The summed E-state index contributed by atoms with van der Waals surface area (Å²) in [6, 6.07) is 7.35. The number of carboxylic acid groups (broad SMARTS) is 1. The van der Waals surface area contributed by atoms with Gasteiger partial charge >= 0.3 is 11.4 Å². The fourth-order valence-electron chi connectivity index (χ4n) is 1.39. The van der Waals surface area contributed by atoms with Crippen molar-refractivity contribution in [2.24, 2.45) is 5.73 Å². The Balaban J connectivity index is 0.000000459. The fourth-order valence-corrected chi connectivity index (χ4v) is 1.50. The Labute approximate surface area is 117 Å². The first-order valence-electron chi connectivity index (χ1n) is 5.76. The SMILES string of the molecule is CC(C(=O)O)c1ccccc1CN.CCOC(=O)Cl. The smallest absolute Gasteiger partial charge is 0.403 e. The molecule has 5 nitrogen and oxygen atoms in total. The van der Waals surface area contributed by atoms with Crippen molar-refractivity contribution in [3.05, 3.63) is 35.4 Å². The highest BCUT2D eigenvalue weighted by atomic mass is 35.5. The molecule has 1 aromatic carbocycles. The van der Waals surface area contributed by atoms with Gasteiger partial charge in [-0.2, -0.15) is 0 Å². The molecule has 0 amide bonds. The van der Waals surface area contributed by atoms with E-state index in [2.05, 4.69) is 4.74 Å². The molecule has 1 atom stereocenters. The van der Waals surface area contributed by atoms with E-state index in [9.17, 15) is 9.59 Å². The van der Waals surface area contributed by atoms with Crippen molar-refractivity contribution in [1.82, 2.24) is 0 Å². The zero-order valence-electron chi connectivity index (χ0n) is 10.9. The van der Waals surface area contributed by atoms with E-state index in [-0.39, 0.29) is 0 Å². The Morgan fingerprint density at radius 1 is 1.42 bits per heavy atom. The van der Waals surface area contributed by atoms with Crippen molar-refractivity contribution < 1.29 is 19.4 Å². The van der Waals surface area contributed by atoms with Crippen LogP contribution in [0.1, 0.15) is 30.9 Å². The molecule has 0 radical (unpaired) electrons. The van der Waals surface area contributed by atoms with E-state index >= 15 is 0 Å². The molecule has 0 heterocycles. The molecule has 0 saturated carbocycles. The molecule has 1 unspecified atom stereocenters.